The Morgan fingerprint density at radius 2 is 1.50 bits per heavy atom. The number of hydrogen-bond donors (Lipinski definition) is 2. The predicted molar refractivity (Wildman–Crippen MR) is 74.5 cm³/mol. The molecule has 0 saturated carbocycles. The van der Waals surface area contributed by atoms with E-state index in [9.17, 15) is 8.42 Å². The lowest BCUT2D eigenvalue weighted by molar-refractivity contribution is 0.587. The Labute approximate surface area is 114 Å². The molecule has 0 amide bonds. The molecule has 2 aromatic carbocycles. The van der Waals surface area contributed by atoms with E-state index in [1.165, 1.54) is 12.1 Å². The number of rotatable bonds is 4. The summed E-state index contributed by atoms with van der Waals surface area (Å²) in [6, 6.07) is 15.4. The minimum Gasteiger partial charge on any atom is -0.308 e. The van der Waals surface area contributed by atoms with Crippen LogP contribution < -0.4 is 10.3 Å². The molecule has 0 saturated heterocycles. The molecule has 94 valence electrons. The Kier molecular flexibility index (Phi) is 4.00. The molecule has 2 rings (SSSR count). The Morgan fingerprint density at radius 3 is 2.11 bits per heavy atom. The molecule has 0 spiro atoms. The number of benzene rings is 2. The fourth-order valence-electron chi connectivity index (χ4n) is 1.32. The van der Waals surface area contributed by atoms with Crippen molar-refractivity contribution in [1.29, 1.82) is 0 Å². The average molecular weight is 327 g/mol. The fourth-order valence-corrected chi connectivity index (χ4v) is 2.45. The van der Waals surface area contributed by atoms with Gasteiger partial charge in [0.15, 0.2) is 0 Å². The molecular formula is C12H11BrN2O2S. The maximum Gasteiger partial charge on any atom is 0.257 e. The topological polar surface area (TPSA) is 58.2 Å². The average Bonchev–Trinajstić information content (AvgIpc) is 2.38. The molecule has 2 N–H and O–H groups in total. The maximum absolute atomic E-state index is 11.9. The van der Waals surface area contributed by atoms with E-state index in [1.54, 1.807) is 24.3 Å². The smallest absolute Gasteiger partial charge is 0.257 e. The van der Waals surface area contributed by atoms with Gasteiger partial charge in [-0.2, -0.15) is 0 Å². The number of hydrogen-bond acceptors (Lipinski definition) is 3. The van der Waals surface area contributed by atoms with Crippen molar-refractivity contribution >= 4 is 31.6 Å². The van der Waals surface area contributed by atoms with Crippen molar-refractivity contribution in [2.75, 3.05) is 5.43 Å². The molecule has 0 bridgehead atoms. The van der Waals surface area contributed by atoms with E-state index in [1.807, 2.05) is 18.2 Å². The minimum absolute atomic E-state index is 0.203. The van der Waals surface area contributed by atoms with Gasteiger partial charge in [0.25, 0.3) is 10.0 Å². The van der Waals surface area contributed by atoms with Gasteiger partial charge in [0.1, 0.15) is 0 Å². The van der Waals surface area contributed by atoms with Crippen LogP contribution in [0.4, 0.5) is 5.69 Å². The lowest BCUT2D eigenvalue weighted by Gasteiger charge is -2.09. The molecule has 4 nitrogen and oxygen atoms in total. The highest BCUT2D eigenvalue weighted by Gasteiger charge is 2.12. The van der Waals surface area contributed by atoms with Gasteiger partial charge in [-0.25, -0.2) is 8.42 Å². The lowest BCUT2D eigenvalue weighted by atomic mass is 10.3. The summed E-state index contributed by atoms with van der Waals surface area (Å²) in [6.45, 7) is 0. The van der Waals surface area contributed by atoms with Crippen LogP contribution in [-0.4, -0.2) is 8.42 Å². The maximum atomic E-state index is 11.9. The number of sulfonamides is 1. The SMILES string of the molecule is O=S(=O)(NNc1ccccc1)c1ccc(Br)cc1. The summed E-state index contributed by atoms with van der Waals surface area (Å²) in [5.41, 5.74) is 3.33. The van der Waals surface area contributed by atoms with E-state index in [0.29, 0.717) is 5.69 Å². The molecule has 0 fully saturated rings. The molecule has 0 aliphatic rings. The first-order valence-corrected chi connectivity index (χ1v) is 7.44. The zero-order chi connectivity index (χ0) is 13.0. The highest BCUT2D eigenvalue weighted by atomic mass is 79.9. The third kappa shape index (κ3) is 3.32. The first kappa shape index (κ1) is 13.1. The third-order valence-electron chi connectivity index (χ3n) is 2.23. The van der Waals surface area contributed by atoms with Crippen molar-refractivity contribution < 1.29 is 8.42 Å². The van der Waals surface area contributed by atoms with E-state index >= 15 is 0 Å². The van der Waals surface area contributed by atoms with Crippen molar-refractivity contribution in [2.24, 2.45) is 0 Å². The van der Waals surface area contributed by atoms with Gasteiger partial charge < -0.3 is 5.43 Å². The number of nitrogens with one attached hydrogen (secondary N) is 2. The fraction of sp³-hybridized carbons (Fsp3) is 0. The van der Waals surface area contributed by atoms with Gasteiger partial charge in [0, 0.05) is 10.2 Å². The first-order valence-electron chi connectivity index (χ1n) is 5.16. The highest BCUT2D eigenvalue weighted by molar-refractivity contribution is 9.10. The van der Waals surface area contributed by atoms with Gasteiger partial charge in [-0.15, -0.1) is 4.83 Å². The van der Waals surface area contributed by atoms with Crippen LogP contribution in [-0.2, 0) is 10.0 Å². The molecule has 0 aliphatic carbocycles. The number of hydrazine groups is 1. The lowest BCUT2D eigenvalue weighted by Crippen LogP contribution is -2.29. The zero-order valence-electron chi connectivity index (χ0n) is 9.30. The monoisotopic (exact) mass is 326 g/mol. The normalized spacial score (nSPS) is 11.2. The van der Waals surface area contributed by atoms with Gasteiger partial charge in [-0.05, 0) is 36.4 Å². The molecular weight excluding hydrogens is 316 g/mol. The first-order chi connectivity index (χ1) is 8.58. The van der Waals surface area contributed by atoms with Gasteiger partial charge in [-0.3, -0.25) is 0 Å². The molecule has 0 aliphatic heterocycles. The van der Waals surface area contributed by atoms with E-state index in [4.69, 9.17) is 0 Å². The Bertz CT molecular complexity index is 612. The van der Waals surface area contributed by atoms with Crippen LogP contribution in [0.3, 0.4) is 0 Å². The van der Waals surface area contributed by atoms with Crippen LogP contribution in [0.15, 0.2) is 64.0 Å². The molecule has 0 atom stereocenters. The zero-order valence-corrected chi connectivity index (χ0v) is 11.7. The molecule has 0 heterocycles. The van der Waals surface area contributed by atoms with E-state index in [2.05, 4.69) is 26.2 Å². The van der Waals surface area contributed by atoms with Crippen molar-refractivity contribution in [2.45, 2.75) is 4.90 Å². The summed E-state index contributed by atoms with van der Waals surface area (Å²) >= 11 is 3.26. The second kappa shape index (κ2) is 5.51. The second-order valence-electron chi connectivity index (χ2n) is 3.55. The molecule has 0 unspecified atom stereocenters. The largest absolute Gasteiger partial charge is 0.308 e. The van der Waals surface area contributed by atoms with Gasteiger partial charge in [0.2, 0.25) is 0 Å². The Hall–Kier alpha value is -1.37. The van der Waals surface area contributed by atoms with Gasteiger partial charge in [0.05, 0.1) is 4.90 Å². The Balaban J connectivity index is 2.11. The molecule has 0 aromatic heterocycles. The number of para-hydroxylation sites is 1. The summed E-state index contributed by atoms with van der Waals surface area (Å²) in [5.74, 6) is 0. The van der Waals surface area contributed by atoms with Crippen molar-refractivity contribution in [3.63, 3.8) is 0 Å². The van der Waals surface area contributed by atoms with E-state index in [-0.39, 0.29) is 4.90 Å². The quantitative estimate of drug-likeness (QED) is 0.849. The van der Waals surface area contributed by atoms with Crippen molar-refractivity contribution in [1.82, 2.24) is 4.83 Å². The van der Waals surface area contributed by atoms with Crippen LogP contribution in [0.5, 0.6) is 0 Å². The third-order valence-corrected chi connectivity index (χ3v) is 4.02. The van der Waals surface area contributed by atoms with Crippen LogP contribution >= 0.6 is 15.9 Å². The van der Waals surface area contributed by atoms with Crippen molar-refractivity contribution in [3.8, 4) is 0 Å². The number of anilines is 1. The molecule has 6 heteroatoms. The Morgan fingerprint density at radius 1 is 0.889 bits per heavy atom. The van der Waals surface area contributed by atoms with Crippen LogP contribution in [0, 0.1) is 0 Å². The minimum atomic E-state index is -3.56. The molecule has 18 heavy (non-hydrogen) atoms. The van der Waals surface area contributed by atoms with Gasteiger partial charge in [-0.1, -0.05) is 34.1 Å². The summed E-state index contributed by atoms with van der Waals surface area (Å²) in [7, 11) is -3.56. The standard InChI is InChI=1S/C12H11BrN2O2S/c13-10-6-8-12(9-7-10)18(16,17)15-14-11-4-2-1-3-5-11/h1-9,14-15H. The van der Waals surface area contributed by atoms with Gasteiger partial charge >= 0.3 is 0 Å². The predicted octanol–water partition coefficient (Wildman–Crippen LogP) is 2.75. The number of halogens is 1. The second-order valence-corrected chi connectivity index (χ2v) is 6.15. The van der Waals surface area contributed by atoms with Crippen molar-refractivity contribution in [3.05, 3.63) is 59.1 Å². The summed E-state index contributed by atoms with van der Waals surface area (Å²) in [4.78, 5) is 2.52. The molecule has 0 radical (unpaired) electrons. The highest BCUT2D eigenvalue weighted by Crippen LogP contribution is 2.14. The van der Waals surface area contributed by atoms with E-state index in [0.717, 1.165) is 4.47 Å². The van der Waals surface area contributed by atoms with Crippen LogP contribution in [0.1, 0.15) is 0 Å². The molecule has 2 aromatic rings. The van der Waals surface area contributed by atoms with E-state index < -0.39 is 10.0 Å². The summed E-state index contributed by atoms with van der Waals surface area (Å²) in [5, 5.41) is 0. The van der Waals surface area contributed by atoms with Crippen LogP contribution in [0.2, 0.25) is 0 Å². The summed E-state index contributed by atoms with van der Waals surface area (Å²) < 4.78 is 24.7. The van der Waals surface area contributed by atoms with Crippen LogP contribution in [0.25, 0.3) is 0 Å². The summed E-state index contributed by atoms with van der Waals surface area (Å²) in [6.07, 6.45) is 0.